The Labute approximate surface area is 118 Å². The first kappa shape index (κ1) is 16.0. The van der Waals surface area contributed by atoms with E-state index in [4.69, 9.17) is 4.74 Å². The van der Waals surface area contributed by atoms with E-state index < -0.39 is 35.4 Å². The quantitative estimate of drug-likeness (QED) is 0.592. The summed E-state index contributed by atoms with van der Waals surface area (Å²) in [5.41, 5.74) is 0. The van der Waals surface area contributed by atoms with Gasteiger partial charge in [-0.2, -0.15) is 8.78 Å². The van der Waals surface area contributed by atoms with Crippen LogP contribution in [0.2, 0.25) is 0 Å². The lowest BCUT2D eigenvalue weighted by atomic mass is 10.1. The van der Waals surface area contributed by atoms with E-state index in [1.165, 1.54) is 0 Å². The molecule has 2 unspecified atom stereocenters. The number of rotatable bonds is 5. The molecule has 21 heavy (non-hydrogen) atoms. The zero-order valence-corrected chi connectivity index (χ0v) is 11.3. The maximum Gasteiger partial charge on any atom is 0.424 e. The maximum absolute atomic E-state index is 13.9. The highest BCUT2D eigenvalue weighted by Crippen LogP contribution is 2.36. The van der Waals surface area contributed by atoms with Crippen LogP contribution in [-0.2, 0) is 4.74 Å². The van der Waals surface area contributed by atoms with Crippen molar-refractivity contribution in [2.45, 2.75) is 50.9 Å². The lowest BCUT2D eigenvalue weighted by Gasteiger charge is -2.24. The van der Waals surface area contributed by atoms with Crippen LogP contribution in [0.1, 0.15) is 32.6 Å². The van der Waals surface area contributed by atoms with Crippen LogP contribution in [0, 0.1) is 17.5 Å². The van der Waals surface area contributed by atoms with Gasteiger partial charge in [-0.15, -0.1) is 0 Å². The number of halogens is 5. The Balaban J connectivity index is 2.07. The molecule has 1 aromatic carbocycles. The van der Waals surface area contributed by atoms with Gasteiger partial charge in [0.15, 0.2) is 23.6 Å². The van der Waals surface area contributed by atoms with Crippen molar-refractivity contribution in [3.8, 4) is 5.75 Å². The van der Waals surface area contributed by atoms with Gasteiger partial charge in [-0.3, -0.25) is 0 Å². The topological polar surface area (TPSA) is 18.5 Å². The molecule has 0 N–H and O–H groups in total. The number of alkyl halides is 2. The molecule has 0 radical (unpaired) electrons. The molecule has 0 amide bonds. The molecule has 2 rings (SSSR count). The highest BCUT2D eigenvalue weighted by molar-refractivity contribution is 5.25. The summed E-state index contributed by atoms with van der Waals surface area (Å²) in [7, 11) is 0. The zero-order valence-electron chi connectivity index (χ0n) is 11.3. The lowest BCUT2D eigenvalue weighted by molar-refractivity contribution is -0.247. The highest BCUT2D eigenvalue weighted by atomic mass is 19.3. The van der Waals surface area contributed by atoms with Crippen molar-refractivity contribution in [2.24, 2.45) is 0 Å². The van der Waals surface area contributed by atoms with Gasteiger partial charge in [0.25, 0.3) is 0 Å². The largest absolute Gasteiger partial charge is 0.430 e. The number of benzene rings is 1. The average Bonchev–Trinajstić information content (AvgIpc) is 2.85. The molecular weight excluding hydrogens is 295 g/mol. The Kier molecular flexibility index (Phi) is 4.70. The van der Waals surface area contributed by atoms with Gasteiger partial charge in [-0.25, -0.2) is 13.2 Å². The van der Waals surface area contributed by atoms with Crippen LogP contribution in [0.3, 0.4) is 0 Å². The predicted molar refractivity (Wildman–Crippen MR) is 64.7 cm³/mol. The minimum Gasteiger partial charge on any atom is -0.430 e. The van der Waals surface area contributed by atoms with Crippen molar-refractivity contribution in [3.05, 3.63) is 29.6 Å². The highest BCUT2D eigenvalue weighted by Gasteiger charge is 2.47. The van der Waals surface area contributed by atoms with Crippen molar-refractivity contribution in [2.75, 3.05) is 0 Å². The molecule has 0 saturated carbocycles. The fraction of sp³-hybridized carbons (Fsp3) is 0.571. The summed E-state index contributed by atoms with van der Waals surface area (Å²) >= 11 is 0. The summed E-state index contributed by atoms with van der Waals surface area (Å²) < 4.78 is 76.1. The maximum atomic E-state index is 13.9. The normalized spacial score (nSPS) is 22.6. The molecular formula is C14H15F5O2. The van der Waals surface area contributed by atoms with Crippen LogP contribution in [0.4, 0.5) is 22.0 Å². The van der Waals surface area contributed by atoms with E-state index >= 15 is 0 Å². The first-order valence-corrected chi connectivity index (χ1v) is 6.70. The van der Waals surface area contributed by atoms with Crippen molar-refractivity contribution >= 4 is 0 Å². The van der Waals surface area contributed by atoms with Crippen molar-refractivity contribution in [1.82, 2.24) is 0 Å². The second kappa shape index (κ2) is 6.17. The molecule has 0 aliphatic carbocycles. The Bertz CT molecular complexity index is 483. The van der Waals surface area contributed by atoms with Crippen LogP contribution < -0.4 is 4.74 Å². The monoisotopic (exact) mass is 310 g/mol. The molecule has 118 valence electrons. The van der Waals surface area contributed by atoms with Gasteiger partial charge in [0.2, 0.25) is 0 Å². The average molecular weight is 310 g/mol. The standard InChI is InChI=1S/C14H15F5O2/c1-2-3-8-4-5-12(20-8)14(18,19)21-9-6-10(15)13(17)11(16)7-9/h6-8,12H,2-5H2,1H3. The van der Waals surface area contributed by atoms with E-state index in [-0.39, 0.29) is 12.5 Å². The van der Waals surface area contributed by atoms with Crippen LogP contribution in [0.15, 0.2) is 12.1 Å². The number of hydrogen-bond donors (Lipinski definition) is 0. The van der Waals surface area contributed by atoms with Gasteiger partial charge in [-0.05, 0) is 19.3 Å². The molecule has 1 fully saturated rings. The first-order chi connectivity index (χ1) is 9.83. The molecule has 1 aliphatic rings. The molecule has 1 aliphatic heterocycles. The SMILES string of the molecule is CCCC1CCC(C(F)(F)Oc2cc(F)c(F)c(F)c2)O1. The molecule has 0 spiro atoms. The Hall–Kier alpha value is -1.37. The van der Waals surface area contributed by atoms with Crippen LogP contribution in [0.5, 0.6) is 5.75 Å². The second-order valence-electron chi connectivity index (χ2n) is 4.98. The predicted octanol–water partition coefficient (Wildman–Crippen LogP) is 4.42. The molecule has 0 bridgehead atoms. The summed E-state index contributed by atoms with van der Waals surface area (Å²) in [5, 5.41) is 0. The molecule has 2 nitrogen and oxygen atoms in total. The minimum absolute atomic E-state index is 0.0871. The smallest absolute Gasteiger partial charge is 0.424 e. The van der Waals surface area contributed by atoms with Crippen LogP contribution in [0.25, 0.3) is 0 Å². The van der Waals surface area contributed by atoms with Gasteiger partial charge >= 0.3 is 6.11 Å². The third-order valence-corrected chi connectivity index (χ3v) is 3.30. The third-order valence-electron chi connectivity index (χ3n) is 3.30. The molecule has 7 heteroatoms. The van der Waals surface area contributed by atoms with Crippen LogP contribution in [-0.4, -0.2) is 18.3 Å². The van der Waals surface area contributed by atoms with E-state index in [1.807, 2.05) is 6.92 Å². The second-order valence-corrected chi connectivity index (χ2v) is 4.98. The first-order valence-electron chi connectivity index (χ1n) is 6.70. The summed E-state index contributed by atoms with van der Waals surface area (Å²) in [5.74, 6) is -5.68. The summed E-state index contributed by atoms with van der Waals surface area (Å²) in [6.45, 7) is 1.91. The number of hydrogen-bond acceptors (Lipinski definition) is 2. The van der Waals surface area contributed by atoms with E-state index in [0.29, 0.717) is 25.0 Å². The van der Waals surface area contributed by atoms with Gasteiger partial charge in [0.1, 0.15) is 5.75 Å². The van der Waals surface area contributed by atoms with Crippen molar-refractivity contribution in [3.63, 3.8) is 0 Å². The molecule has 1 heterocycles. The summed E-state index contributed by atoms with van der Waals surface area (Å²) in [6, 6.07) is 0.760. The summed E-state index contributed by atoms with van der Waals surface area (Å²) in [6.07, 6.45) is -3.46. The Morgan fingerprint density at radius 3 is 2.38 bits per heavy atom. The van der Waals surface area contributed by atoms with Gasteiger partial charge < -0.3 is 9.47 Å². The zero-order chi connectivity index (χ0) is 15.6. The fourth-order valence-corrected chi connectivity index (χ4v) is 2.30. The van der Waals surface area contributed by atoms with Crippen molar-refractivity contribution < 1.29 is 31.4 Å². The minimum atomic E-state index is -3.74. The molecule has 0 aromatic heterocycles. The van der Waals surface area contributed by atoms with Gasteiger partial charge in [0, 0.05) is 12.1 Å². The van der Waals surface area contributed by atoms with Gasteiger partial charge in [-0.1, -0.05) is 13.3 Å². The Morgan fingerprint density at radius 2 is 1.81 bits per heavy atom. The molecule has 1 saturated heterocycles. The number of ether oxygens (including phenoxy) is 2. The molecule has 1 aromatic rings. The summed E-state index contributed by atoms with van der Waals surface area (Å²) in [4.78, 5) is 0. The van der Waals surface area contributed by atoms with Crippen LogP contribution >= 0.6 is 0 Å². The van der Waals surface area contributed by atoms with Gasteiger partial charge in [0.05, 0.1) is 6.10 Å². The fourth-order valence-electron chi connectivity index (χ4n) is 2.30. The Morgan fingerprint density at radius 1 is 1.19 bits per heavy atom. The van der Waals surface area contributed by atoms with E-state index in [0.717, 1.165) is 6.42 Å². The third kappa shape index (κ3) is 3.64. The van der Waals surface area contributed by atoms with Crippen molar-refractivity contribution in [1.29, 1.82) is 0 Å². The molecule has 2 atom stereocenters. The van der Waals surface area contributed by atoms with E-state index in [9.17, 15) is 22.0 Å². The van der Waals surface area contributed by atoms with E-state index in [1.54, 1.807) is 0 Å². The van der Waals surface area contributed by atoms with E-state index in [2.05, 4.69) is 4.74 Å². The lowest BCUT2D eigenvalue weighted by Crippen LogP contribution is -2.39.